The highest BCUT2D eigenvalue weighted by atomic mass is 19.4. The quantitative estimate of drug-likeness (QED) is 0.201. The second-order valence-corrected chi connectivity index (χ2v) is 8.21. The molecular weight excluding hydrogens is 431 g/mol. The number of benzene rings is 4. The molecule has 33 heavy (non-hydrogen) atoms. The van der Waals surface area contributed by atoms with E-state index >= 15 is 4.39 Å². The molecule has 0 saturated heterocycles. The summed E-state index contributed by atoms with van der Waals surface area (Å²) in [4.78, 5) is 0. The third-order valence-electron chi connectivity index (χ3n) is 5.90. The average molecular weight is 454 g/mol. The van der Waals surface area contributed by atoms with Gasteiger partial charge in [-0.2, -0.15) is 13.2 Å². The summed E-state index contributed by atoms with van der Waals surface area (Å²) in [6, 6.07) is 19.3. The lowest BCUT2D eigenvalue weighted by Crippen LogP contribution is -2.07. The topological polar surface area (TPSA) is 0 Å². The highest BCUT2D eigenvalue weighted by Gasteiger charge is 2.34. The molecule has 0 atom stereocenters. The van der Waals surface area contributed by atoms with E-state index in [2.05, 4.69) is 31.2 Å². The smallest absolute Gasteiger partial charge is 0.206 e. The summed E-state index contributed by atoms with van der Waals surface area (Å²) in [5, 5.41) is 0.987. The van der Waals surface area contributed by atoms with Crippen LogP contribution in [0.5, 0.6) is 0 Å². The molecule has 4 aromatic rings. The summed E-state index contributed by atoms with van der Waals surface area (Å²) >= 11 is 0. The molecule has 0 spiro atoms. The van der Waals surface area contributed by atoms with Crippen LogP contribution >= 0.6 is 0 Å². The first-order valence-corrected chi connectivity index (χ1v) is 11.0. The molecule has 0 nitrogen and oxygen atoms in total. The number of hydrogen-bond acceptors (Lipinski definition) is 0. The zero-order valence-corrected chi connectivity index (χ0v) is 18.1. The van der Waals surface area contributed by atoms with E-state index in [4.69, 9.17) is 0 Å². The molecule has 0 radical (unpaired) electrons. The third-order valence-corrected chi connectivity index (χ3v) is 5.90. The van der Waals surface area contributed by atoms with Crippen molar-refractivity contribution in [1.82, 2.24) is 0 Å². The second kappa shape index (κ2) is 9.34. The zero-order chi connectivity index (χ0) is 23.6. The van der Waals surface area contributed by atoms with Gasteiger partial charge in [0.1, 0.15) is 11.6 Å². The highest BCUT2D eigenvalue weighted by molar-refractivity contribution is 5.91. The van der Waals surface area contributed by atoms with E-state index in [1.807, 2.05) is 12.1 Å². The van der Waals surface area contributed by atoms with E-state index in [-0.39, 0.29) is 11.1 Å². The lowest BCUT2D eigenvalue weighted by molar-refractivity contribution is -0.139. The van der Waals surface area contributed by atoms with Gasteiger partial charge in [-0.3, -0.25) is 0 Å². The Balaban J connectivity index is 1.64. The molecule has 170 valence electrons. The molecule has 0 heterocycles. The van der Waals surface area contributed by atoms with Gasteiger partial charge in [0.25, 0.3) is 0 Å². The van der Waals surface area contributed by atoms with Crippen LogP contribution in [0.15, 0.2) is 72.8 Å². The molecule has 0 N–H and O–H groups in total. The minimum atomic E-state index is -4.80. The van der Waals surface area contributed by atoms with Gasteiger partial charge in [0.15, 0.2) is 0 Å². The van der Waals surface area contributed by atoms with Crippen molar-refractivity contribution in [2.45, 2.75) is 38.8 Å². The van der Waals surface area contributed by atoms with Crippen LogP contribution in [0.25, 0.3) is 33.0 Å². The fourth-order valence-corrected chi connectivity index (χ4v) is 4.05. The minimum Gasteiger partial charge on any atom is -0.206 e. The van der Waals surface area contributed by atoms with Crippen LogP contribution in [0.2, 0.25) is 0 Å². The van der Waals surface area contributed by atoms with Gasteiger partial charge in [-0.25, -0.2) is 8.78 Å². The van der Waals surface area contributed by atoms with Crippen LogP contribution in [0.3, 0.4) is 0 Å². The molecule has 0 unspecified atom stereocenters. The lowest BCUT2D eigenvalue weighted by Gasteiger charge is -2.12. The average Bonchev–Trinajstić information content (AvgIpc) is 2.79. The number of unbranched alkanes of at least 4 members (excludes halogenated alkanes) is 2. The number of halogens is 5. The predicted octanol–water partition coefficient (Wildman–Crippen LogP) is 9.20. The molecule has 0 aliphatic heterocycles. The van der Waals surface area contributed by atoms with Crippen LogP contribution in [0, 0.1) is 11.6 Å². The standard InChI is InChI=1S/C28H23F5/c1-2-3-4-5-18-6-8-19(9-7-18)20-10-13-23-21(16-20)11-14-24(27(23)30)22-12-15-25(26(29)17-22)28(31,32)33/h6-17H,2-5H2,1H3. The van der Waals surface area contributed by atoms with E-state index in [1.54, 1.807) is 12.1 Å². The zero-order valence-electron chi connectivity index (χ0n) is 18.1. The maximum absolute atomic E-state index is 15.2. The third kappa shape index (κ3) is 4.92. The van der Waals surface area contributed by atoms with E-state index < -0.39 is 23.4 Å². The molecular formula is C28H23F5. The fourth-order valence-electron chi connectivity index (χ4n) is 4.05. The number of aryl methyl sites for hydroxylation is 1. The summed E-state index contributed by atoms with van der Waals surface area (Å²) in [7, 11) is 0. The van der Waals surface area contributed by atoms with Crippen molar-refractivity contribution in [1.29, 1.82) is 0 Å². The molecule has 4 aromatic carbocycles. The Kier molecular flexibility index (Phi) is 6.50. The molecule has 0 amide bonds. The van der Waals surface area contributed by atoms with Gasteiger partial charge in [-0.15, -0.1) is 0 Å². The van der Waals surface area contributed by atoms with E-state index in [0.29, 0.717) is 16.8 Å². The Morgan fingerprint density at radius 1 is 0.697 bits per heavy atom. The van der Waals surface area contributed by atoms with E-state index in [1.165, 1.54) is 24.5 Å². The van der Waals surface area contributed by atoms with Gasteiger partial charge in [-0.1, -0.05) is 74.4 Å². The Hall–Kier alpha value is -3.21. The molecule has 0 aliphatic carbocycles. The van der Waals surface area contributed by atoms with Crippen molar-refractivity contribution in [3.05, 3.63) is 95.6 Å². The van der Waals surface area contributed by atoms with E-state index in [9.17, 15) is 17.6 Å². The number of fused-ring (bicyclic) bond motifs is 1. The van der Waals surface area contributed by atoms with Crippen molar-refractivity contribution in [2.24, 2.45) is 0 Å². The van der Waals surface area contributed by atoms with Gasteiger partial charge in [-0.05, 0) is 58.7 Å². The van der Waals surface area contributed by atoms with Crippen molar-refractivity contribution in [2.75, 3.05) is 0 Å². The Bertz CT molecular complexity index is 1270. The summed E-state index contributed by atoms with van der Waals surface area (Å²) in [6.45, 7) is 2.18. The highest BCUT2D eigenvalue weighted by Crippen LogP contribution is 2.36. The van der Waals surface area contributed by atoms with Gasteiger partial charge < -0.3 is 0 Å². The van der Waals surface area contributed by atoms with Crippen LogP contribution in [0.1, 0.15) is 37.3 Å². The number of hydrogen-bond donors (Lipinski definition) is 0. The molecule has 4 rings (SSSR count). The van der Waals surface area contributed by atoms with Crippen LogP contribution < -0.4 is 0 Å². The monoisotopic (exact) mass is 454 g/mol. The summed E-state index contributed by atoms with van der Waals surface area (Å²) in [5.41, 5.74) is 1.99. The molecule has 0 saturated carbocycles. The lowest BCUT2D eigenvalue weighted by atomic mass is 9.95. The number of alkyl halides is 3. The van der Waals surface area contributed by atoms with Gasteiger partial charge in [0.2, 0.25) is 0 Å². The van der Waals surface area contributed by atoms with E-state index in [0.717, 1.165) is 36.1 Å². The molecule has 0 aliphatic rings. The first-order chi connectivity index (χ1) is 15.8. The summed E-state index contributed by atoms with van der Waals surface area (Å²) in [6.07, 6.45) is -0.199. The number of rotatable bonds is 6. The molecule has 0 fully saturated rings. The largest absolute Gasteiger partial charge is 0.419 e. The van der Waals surface area contributed by atoms with Crippen molar-refractivity contribution in [3.63, 3.8) is 0 Å². The fraction of sp³-hybridized carbons (Fsp3) is 0.214. The van der Waals surface area contributed by atoms with Crippen molar-refractivity contribution < 1.29 is 22.0 Å². The maximum Gasteiger partial charge on any atom is 0.419 e. The van der Waals surface area contributed by atoms with Crippen LogP contribution in [0.4, 0.5) is 22.0 Å². The molecule has 5 heteroatoms. The van der Waals surface area contributed by atoms with Crippen LogP contribution in [-0.4, -0.2) is 0 Å². The normalized spacial score (nSPS) is 11.8. The SMILES string of the molecule is CCCCCc1ccc(-c2ccc3c(F)c(-c4ccc(C(F)(F)F)c(F)c4)ccc3c2)cc1. The molecule has 0 aromatic heterocycles. The Morgan fingerprint density at radius 3 is 2.06 bits per heavy atom. The summed E-state index contributed by atoms with van der Waals surface area (Å²) in [5.74, 6) is -2.02. The predicted molar refractivity (Wildman–Crippen MR) is 123 cm³/mol. The van der Waals surface area contributed by atoms with Gasteiger partial charge in [0, 0.05) is 10.9 Å². The summed E-state index contributed by atoms with van der Waals surface area (Å²) < 4.78 is 67.7. The van der Waals surface area contributed by atoms with Gasteiger partial charge in [0.05, 0.1) is 5.56 Å². The Labute approximate surface area is 189 Å². The Morgan fingerprint density at radius 2 is 1.39 bits per heavy atom. The molecule has 0 bridgehead atoms. The minimum absolute atomic E-state index is 0.0549. The second-order valence-electron chi connectivity index (χ2n) is 8.21. The maximum atomic E-state index is 15.2. The van der Waals surface area contributed by atoms with Crippen molar-refractivity contribution in [3.8, 4) is 22.3 Å². The van der Waals surface area contributed by atoms with Gasteiger partial charge >= 0.3 is 6.18 Å². The first kappa shape index (κ1) is 23.0. The van der Waals surface area contributed by atoms with Crippen molar-refractivity contribution >= 4 is 10.8 Å². The van der Waals surface area contributed by atoms with Crippen LogP contribution in [-0.2, 0) is 12.6 Å². The first-order valence-electron chi connectivity index (χ1n) is 11.0.